The number of hydrogen-bond acceptors (Lipinski definition) is 5. The van der Waals surface area contributed by atoms with E-state index in [0.29, 0.717) is 30.5 Å². The lowest BCUT2D eigenvalue weighted by atomic mass is 10.0. The monoisotopic (exact) mass is 427 g/mol. The second kappa shape index (κ2) is 9.50. The summed E-state index contributed by atoms with van der Waals surface area (Å²) in [5.74, 6) is -0.172. The molecule has 1 aliphatic heterocycles. The molecule has 4 rings (SSSR count). The van der Waals surface area contributed by atoms with Crippen LogP contribution in [0.2, 0.25) is 5.02 Å². The Morgan fingerprint density at radius 1 is 1.14 bits per heavy atom. The molecular weight excluding hydrogens is 406 g/mol. The molecule has 29 heavy (non-hydrogen) atoms. The third-order valence-electron chi connectivity index (χ3n) is 4.96. The maximum atomic E-state index is 12.7. The fraction of sp³-hybridized carbons (Fsp3) is 0.273. The van der Waals surface area contributed by atoms with Gasteiger partial charge in [0.1, 0.15) is 10.7 Å². The number of nitrogens with one attached hydrogen (secondary N) is 1. The average Bonchev–Trinajstić information content (AvgIpc) is 3.27. The highest BCUT2D eigenvalue weighted by atomic mass is 35.5. The number of carbonyl (C=O) groups excluding carboxylic acids is 1. The van der Waals surface area contributed by atoms with Crippen LogP contribution < -0.4 is 5.32 Å². The van der Waals surface area contributed by atoms with Gasteiger partial charge in [0.05, 0.1) is 19.3 Å². The highest BCUT2D eigenvalue weighted by Gasteiger charge is 2.25. The van der Waals surface area contributed by atoms with Crippen molar-refractivity contribution in [2.75, 3.05) is 32.8 Å². The SMILES string of the molecule is O=C(NCC(c1ccccc1Cl)N1CCOCC1)c1csc(-c2ccccc2)n1. The van der Waals surface area contributed by atoms with E-state index in [1.807, 2.05) is 54.6 Å². The molecule has 1 unspecified atom stereocenters. The molecule has 0 aliphatic carbocycles. The minimum atomic E-state index is -0.172. The number of carbonyl (C=O) groups is 1. The number of rotatable bonds is 6. The van der Waals surface area contributed by atoms with Gasteiger partial charge in [-0.25, -0.2) is 4.98 Å². The minimum Gasteiger partial charge on any atom is -0.379 e. The van der Waals surface area contributed by atoms with Crippen LogP contribution in [0.3, 0.4) is 0 Å². The van der Waals surface area contributed by atoms with Crippen LogP contribution in [0.5, 0.6) is 0 Å². The van der Waals surface area contributed by atoms with Crippen LogP contribution >= 0.6 is 22.9 Å². The predicted octanol–water partition coefficient (Wildman–Crippen LogP) is 4.27. The van der Waals surface area contributed by atoms with Crippen molar-refractivity contribution in [3.8, 4) is 10.6 Å². The van der Waals surface area contributed by atoms with Gasteiger partial charge in [-0.2, -0.15) is 0 Å². The van der Waals surface area contributed by atoms with E-state index in [1.165, 1.54) is 11.3 Å². The topological polar surface area (TPSA) is 54.5 Å². The first-order valence-corrected chi connectivity index (χ1v) is 10.8. The van der Waals surface area contributed by atoms with Gasteiger partial charge in [0.15, 0.2) is 0 Å². The average molecular weight is 428 g/mol. The molecule has 1 N–H and O–H groups in total. The summed E-state index contributed by atoms with van der Waals surface area (Å²) in [6.45, 7) is 3.44. The highest BCUT2D eigenvalue weighted by Crippen LogP contribution is 2.28. The van der Waals surface area contributed by atoms with E-state index in [-0.39, 0.29) is 11.9 Å². The third kappa shape index (κ3) is 4.85. The molecular formula is C22H22ClN3O2S. The maximum Gasteiger partial charge on any atom is 0.270 e. The number of thiazole rings is 1. The Labute approximate surface area is 179 Å². The first-order valence-electron chi connectivity index (χ1n) is 9.58. The van der Waals surface area contributed by atoms with Crippen LogP contribution in [0.15, 0.2) is 60.0 Å². The lowest BCUT2D eigenvalue weighted by Crippen LogP contribution is -2.44. The number of ether oxygens (including phenoxy) is 1. The zero-order valence-electron chi connectivity index (χ0n) is 15.9. The number of hydrogen-bond donors (Lipinski definition) is 1. The van der Waals surface area contributed by atoms with Gasteiger partial charge in [-0.1, -0.05) is 60.1 Å². The van der Waals surface area contributed by atoms with Gasteiger partial charge >= 0.3 is 0 Å². The van der Waals surface area contributed by atoms with E-state index in [0.717, 1.165) is 29.2 Å². The van der Waals surface area contributed by atoms with E-state index in [4.69, 9.17) is 16.3 Å². The van der Waals surface area contributed by atoms with Crippen molar-refractivity contribution >= 4 is 28.8 Å². The van der Waals surface area contributed by atoms with E-state index in [9.17, 15) is 4.79 Å². The fourth-order valence-electron chi connectivity index (χ4n) is 3.44. The van der Waals surface area contributed by atoms with Gasteiger partial charge in [0.2, 0.25) is 0 Å². The molecule has 0 bridgehead atoms. The van der Waals surface area contributed by atoms with Crippen molar-refractivity contribution in [1.82, 2.24) is 15.2 Å². The molecule has 1 saturated heterocycles. The van der Waals surface area contributed by atoms with Crippen LogP contribution in [0.1, 0.15) is 22.1 Å². The summed E-state index contributed by atoms with van der Waals surface area (Å²) >= 11 is 7.93. The second-order valence-electron chi connectivity index (χ2n) is 6.80. The van der Waals surface area contributed by atoms with Crippen LogP contribution in [0.4, 0.5) is 0 Å². The van der Waals surface area contributed by atoms with Crippen molar-refractivity contribution in [3.05, 3.63) is 76.3 Å². The quantitative estimate of drug-likeness (QED) is 0.638. The van der Waals surface area contributed by atoms with E-state index >= 15 is 0 Å². The summed E-state index contributed by atoms with van der Waals surface area (Å²) in [7, 11) is 0. The summed E-state index contributed by atoms with van der Waals surface area (Å²) in [5, 5.41) is 6.40. The molecule has 3 aromatic rings. The zero-order chi connectivity index (χ0) is 20.1. The number of amides is 1. The van der Waals surface area contributed by atoms with E-state index in [1.54, 1.807) is 5.38 Å². The van der Waals surface area contributed by atoms with Crippen molar-refractivity contribution in [1.29, 1.82) is 0 Å². The molecule has 5 nitrogen and oxygen atoms in total. The van der Waals surface area contributed by atoms with Crippen molar-refractivity contribution < 1.29 is 9.53 Å². The molecule has 150 valence electrons. The van der Waals surface area contributed by atoms with Crippen LogP contribution in [0, 0.1) is 0 Å². The summed E-state index contributed by atoms with van der Waals surface area (Å²) in [6, 6.07) is 17.7. The fourth-order valence-corrected chi connectivity index (χ4v) is 4.51. The van der Waals surface area contributed by atoms with Gasteiger partial charge in [-0.3, -0.25) is 9.69 Å². The molecule has 2 heterocycles. The lowest BCUT2D eigenvalue weighted by molar-refractivity contribution is 0.0162. The summed E-state index contributed by atoms with van der Waals surface area (Å²) < 4.78 is 5.49. The number of morpholine rings is 1. The van der Waals surface area contributed by atoms with E-state index < -0.39 is 0 Å². The first kappa shape index (κ1) is 20.0. The second-order valence-corrected chi connectivity index (χ2v) is 8.06. The van der Waals surface area contributed by atoms with Crippen molar-refractivity contribution in [2.45, 2.75) is 6.04 Å². The molecule has 1 fully saturated rings. The predicted molar refractivity (Wildman–Crippen MR) is 116 cm³/mol. The normalized spacial score (nSPS) is 15.8. The number of halogens is 1. The van der Waals surface area contributed by atoms with Gasteiger partial charge in [-0.15, -0.1) is 11.3 Å². The number of aromatic nitrogens is 1. The Kier molecular flexibility index (Phi) is 6.56. The number of nitrogens with zero attached hydrogens (tertiary/aromatic N) is 2. The van der Waals surface area contributed by atoms with Gasteiger partial charge in [-0.05, 0) is 11.6 Å². The van der Waals surface area contributed by atoms with Crippen molar-refractivity contribution in [2.24, 2.45) is 0 Å². The van der Waals surface area contributed by atoms with E-state index in [2.05, 4.69) is 15.2 Å². The molecule has 1 aromatic heterocycles. The Morgan fingerprint density at radius 2 is 1.86 bits per heavy atom. The summed E-state index contributed by atoms with van der Waals surface area (Å²) in [6.07, 6.45) is 0. The Morgan fingerprint density at radius 3 is 2.62 bits per heavy atom. The Balaban J connectivity index is 1.48. The molecule has 1 aliphatic rings. The first-order chi connectivity index (χ1) is 14.2. The standard InChI is InChI=1S/C22H22ClN3O2S/c23-18-9-5-4-8-17(18)20(26-10-12-28-13-11-26)14-24-21(27)19-15-29-22(25-19)16-6-2-1-3-7-16/h1-9,15,20H,10-14H2,(H,24,27). The molecule has 7 heteroatoms. The summed E-state index contributed by atoms with van der Waals surface area (Å²) in [4.78, 5) is 19.6. The molecule has 0 radical (unpaired) electrons. The Hall–Kier alpha value is -2.25. The smallest absolute Gasteiger partial charge is 0.270 e. The highest BCUT2D eigenvalue weighted by molar-refractivity contribution is 7.13. The van der Waals surface area contributed by atoms with Crippen LogP contribution in [0.25, 0.3) is 10.6 Å². The zero-order valence-corrected chi connectivity index (χ0v) is 17.5. The molecule has 0 spiro atoms. The maximum absolute atomic E-state index is 12.7. The van der Waals surface area contributed by atoms with Gasteiger partial charge in [0, 0.05) is 35.6 Å². The molecule has 0 saturated carbocycles. The molecule has 2 aromatic carbocycles. The minimum absolute atomic E-state index is 0.0104. The summed E-state index contributed by atoms with van der Waals surface area (Å²) in [5.41, 5.74) is 2.46. The third-order valence-corrected chi connectivity index (χ3v) is 6.20. The van der Waals surface area contributed by atoms with Gasteiger partial charge < -0.3 is 10.1 Å². The number of benzene rings is 2. The van der Waals surface area contributed by atoms with Crippen LogP contribution in [-0.4, -0.2) is 48.6 Å². The largest absolute Gasteiger partial charge is 0.379 e. The Bertz CT molecular complexity index is 957. The lowest BCUT2D eigenvalue weighted by Gasteiger charge is -2.35. The molecule has 1 atom stereocenters. The molecule has 1 amide bonds. The van der Waals surface area contributed by atoms with Crippen LogP contribution in [-0.2, 0) is 4.74 Å². The van der Waals surface area contributed by atoms with Gasteiger partial charge in [0.25, 0.3) is 5.91 Å². The van der Waals surface area contributed by atoms with Crippen molar-refractivity contribution in [3.63, 3.8) is 0 Å².